The summed E-state index contributed by atoms with van der Waals surface area (Å²) in [4.78, 5) is 4.43. The van der Waals surface area contributed by atoms with Crippen molar-refractivity contribution in [2.75, 3.05) is 0 Å². The molecular weight excluding hydrogens is 314 g/mol. The summed E-state index contributed by atoms with van der Waals surface area (Å²) in [5.41, 5.74) is 9.94. The van der Waals surface area contributed by atoms with E-state index in [0.717, 1.165) is 41.9 Å². The Morgan fingerprint density at radius 2 is 1.92 bits per heavy atom. The molecule has 0 radical (unpaired) electrons. The van der Waals surface area contributed by atoms with Crippen LogP contribution < -0.4 is 5.73 Å². The Labute approximate surface area is 146 Å². The maximum atomic E-state index is 6.24. The van der Waals surface area contributed by atoms with Crippen LogP contribution in [-0.4, -0.2) is 19.9 Å². The second kappa shape index (κ2) is 5.97. The molecule has 1 aliphatic rings. The monoisotopic (exact) mass is 335 g/mol. The molecule has 6 nitrogen and oxygen atoms in total. The SMILES string of the molecule is Cc1nn(-c2ccccc2)c(C)c1/C=C/c1nc(C2(N)CCC2)no1. The van der Waals surface area contributed by atoms with Gasteiger partial charge < -0.3 is 10.3 Å². The van der Waals surface area contributed by atoms with Crippen LogP contribution >= 0.6 is 0 Å². The summed E-state index contributed by atoms with van der Waals surface area (Å²) in [5.74, 6) is 1.07. The van der Waals surface area contributed by atoms with E-state index in [4.69, 9.17) is 10.3 Å². The van der Waals surface area contributed by atoms with Gasteiger partial charge in [0.25, 0.3) is 5.89 Å². The third-order valence-electron chi connectivity index (χ3n) is 4.87. The molecule has 0 saturated heterocycles. The number of rotatable bonds is 4. The van der Waals surface area contributed by atoms with E-state index in [0.29, 0.717) is 11.7 Å². The maximum absolute atomic E-state index is 6.24. The number of benzene rings is 1. The molecule has 25 heavy (non-hydrogen) atoms. The van der Waals surface area contributed by atoms with Crippen LogP contribution in [0.15, 0.2) is 34.9 Å². The zero-order valence-electron chi connectivity index (χ0n) is 14.4. The topological polar surface area (TPSA) is 82.8 Å². The quantitative estimate of drug-likeness (QED) is 0.790. The van der Waals surface area contributed by atoms with Crippen LogP contribution in [0.5, 0.6) is 0 Å². The zero-order chi connectivity index (χ0) is 17.4. The molecule has 2 aromatic heterocycles. The third kappa shape index (κ3) is 2.78. The number of aryl methyl sites for hydroxylation is 1. The summed E-state index contributed by atoms with van der Waals surface area (Å²) in [5, 5.41) is 8.68. The van der Waals surface area contributed by atoms with Crippen molar-refractivity contribution >= 4 is 12.2 Å². The van der Waals surface area contributed by atoms with Gasteiger partial charge in [0.15, 0.2) is 5.82 Å². The molecule has 1 fully saturated rings. The molecule has 2 heterocycles. The Morgan fingerprint density at radius 3 is 2.60 bits per heavy atom. The lowest BCUT2D eigenvalue weighted by atomic mass is 9.77. The Bertz CT molecular complexity index is 919. The summed E-state index contributed by atoms with van der Waals surface area (Å²) < 4.78 is 7.27. The van der Waals surface area contributed by atoms with Crippen molar-refractivity contribution in [2.24, 2.45) is 5.73 Å². The maximum Gasteiger partial charge on any atom is 0.250 e. The second-order valence-electron chi connectivity index (χ2n) is 6.63. The predicted molar refractivity (Wildman–Crippen MR) is 96.0 cm³/mol. The first-order valence-corrected chi connectivity index (χ1v) is 8.50. The molecule has 3 aromatic rings. The summed E-state index contributed by atoms with van der Waals surface area (Å²) in [6, 6.07) is 10.1. The van der Waals surface area contributed by atoms with E-state index in [1.165, 1.54) is 0 Å². The van der Waals surface area contributed by atoms with Crippen LogP contribution in [0.4, 0.5) is 0 Å². The van der Waals surface area contributed by atoms with Crippen LogP contribution in [0, 0.1) is 13.8 Å². The van der Waals surface area contributed by atoms with Crippen LogP contribution in [0.2, 0.25) is 0 Å². The Morgan fingerprint density at radius 1 is 1.16 bits per heavy atom. The molecule has 4 rings (SSSR count). The number of aromatic nitrogens is 4. The average Bonchev–Trinajstić information content (AvgIpc) is 3.17. The van der Waals surface area contributed by atoms with E-state index < -0.39 is 5.54 Å². The zero-order valence-corrected chi connectivity index (χ0v) is 14.4. The van der Waals surface area contributed by atoms with Crippen molar-refractivity contribution in [3.8, 4) is 5.69 Å². The first-order chi connectivity index (χ1) is 12.1. The minimum Gasteiger partial charge on any atom is -0.335 e. The number of para-hydroxylation sites is 1. The molecule has 2 N–H and O–H groups in total. The molecule has 0 unspecified atom stereocenters. The highest BCUT2D eigenvalue weighted by Crippen LogP contribution is 2.37. The van der Waals surface area contributed by atoms with Gasteiger partial charge in [-0.15, -0.1) is 0 Å². The lowest BCUT2D eigenvalue weighted by Gasteiger charge is -2.34. The summed E-state index contributed by atoms with van der Waals surface area (Å²) in [6.45, 7) is 4.05. The summed E-state index contributed by atoms with van der Waals surface area (Å²) in [7, 11) is 0. The van der Waals surface area contributed by atoms with E-state index in [-0.39, 0.29) is 0 Å². The van der Waals surface area contributed by atoms with Gasteiger partial charge in [-0.2, -0.15) is 10.1 Å². The van der Waals surface area contributed by atoms with Crippen LogP contribution in [0.1, 0.15) is 47.9 Å². The lowest BCUT2D eigenvalue weighted by molar-refractivity contribution is 0.229. The third-order valence-corrected chi connectivity index (χ3v) is 4.87. The lowest BCUT2D eigenvalue weighted by Crippen LogP contribution is -2.44. The number of hydrogen-bond donors (Lipinski definition) is 1. The smallest absolute Gasteiger partial charge is 0.250 e. The number of nitrogens with zero attached hydrogens (tertiary/aromatic N) is 4. The van der Waals surface area contributed by atoms with E-state index in [2.05, 4.69) is 22.2 Å². The molecule has 1 aliphatic carbocycles. The second-order valence-corrected chi connectivity index (χ2v) is 6.63. The molecule has 0 spiro atoms. The minimum absolute atomic E-state index is 0.403. The van der Waals surface area contributed by atoms with Gasteiger partial charge in [0, 0.05) is 17.3 Å². The Kier molecular flexibility index (Phi) is 3.77. The molecule has 6 heteroatoms. The molecule has 1 aromatic carbocycles. The standard InChI is InChI=1S/C19H21N5O/c1-13-16(14(2)24(22-13)15-7-4-3-5-8-15)9-10-17-21-18(23-25-17)19(20)11-6-12-19/h3-5,7-10H,6,11-12,20H2,1-2H3/b10-9+. The van der Waals surface area contributed by atoms with Gasteiger partial charge in [-0.1, -0.05) is 23.4 Å². The molecule has 0 atom stereocenters. The van der Waals surface area contributed by atoms with Crippen molar-refractivity contribution in [1.29, 1.82) is 0 Å². The molecule has 0 bridgehead atoms. The van der Waals surface area contributed by atoms with Gasteiger partial charge in [0.2, 0.25) is 0 Å². The van der Waals surface area contributed by atoms with Gasteiger partial charge in [-0.3, -0.25) is 0 Å². The van der Waals surface area contributed by atoms with Crippen LogP contribution in [0.25, 0.3) is 17.8 Å². The van der Waals surface area contributed by atoms with E-state index in [9.17, 15) is 0 Å². The van der Waals surface area contributed by atoms with E-state index >= 15 is 0 Å². The van der Waals surface area contributed by atoms with E-state index in [1.807, 2.05) is 54.1 Å². The normalized spacial score (nSPS) is 16.3. The van der Waals surface area contributed by atoms with Crippen molar-refractivity contribution in [3.63, 3.8) is 0 Å². The van der Waals surface area contributed by atoms with Crippen molar-refractivity contribution < 1.29 is 4.52 Å². The van der Waals surface area contributed by atoms with Crippen molar-refractivity contribution in [1.82, 2.24) is 19.9 Å². The summed E-state index contributed by atoms with van der Waals surface area (Å²) >= 11 is 0. The van der Waals surface area contributed by atoms with Crippen molar-refractivity contribution in [3.05, 3.63) is 59.0 Å². The van der Waals surface area contributed by atoms with Gasteiger partial charge in [-0.25, -0.2) is 4.68 Å². The van der Waals surface area contributed by atoms with Crippen molar-refractivity contribution in [2.45, 2.75) is 38.6 Å². The van der Waals surface area contributed by atoms with Gasteiger partial charge in [-0.05, 0) is 51.3 Å². The number of hydrogen-bond acceptors (Lipinski definition) is 5. The fraction of sp³-hybridized carbons (Fsp3) is 0.316. The minimum atomic E-state index is -0.403. The molecule has 1 saturated carbocycles. The highest BCUT2D eigenvalue weighted by Gasteiger charge is 2.38. The molecular formula is C19H21N5O. The highest BCUT2D eigenvalue weighted by atomic mass is 16.5. The molecule has 128 valence electrons. The predicted octanol–water partition coefficient (Wildman–Crippen LogP) is 3.38. The Balaban J connectivity index is 1.61. The van der Waals surface area contributed by atoms with Crippen LogP contribution in [-0.2, 0) is 5.54 Å². The van der Waals surface area contributed by atoms with E-state index in [1.54, 1.807) is 0 Å². The van der Waals surface area contributed by atoms with Gasteiger partial charge >= 0.3 is 0 Å². The summed E-state index contributed by atoms with van der Waals surface area (Å²) in [6.07, 6.45) is 6.74. The average molecular weight is 335 g/mol. The largest absolute Gasteiger partial charge is 0.335 e. The van der Waals surface area contributed by atoms with Gasteiger partial charge in [0.1, 0.15) is 0 Å². The van der Waals surface area contributed by atoms with Gasteiger partial charge in [0.05, 0.1) is 16.9 Å². The van der Waals surface area contributed by atoms with Crippen LogP contribution in [0.3, 0.4) is 0 Å². The fourth-order valence-electron chi connectivity index (χ4n) is 3.16. The first-order valence-electron chi connectivity index (χ1n) is 8.50. The fourth-order valence-corrected chi connectivity index (χ4v) is 3.16. The molecule has 0 aliphatic heterocycles. The molecule has 0 amide bonds. The highest BCUT2D eigenvalue weighted by molar-refractivity contribution is 5.69. The Hall–Kier alpha value is -2.73. The first kappa shape index (κ1) is 15.8. The number of nitrogens with two attached hydrogens (primary N) is 1.